The molecule has 0 saturated carbocycles. The van der Waals surface area contributed by atoms with Gasteiger partial charge in [-0.25, -0.2) is 4.98 Å². The van der Waals surface area contributed by atoms with Gasteiger partial charge in [-0.05, 0) is 19.5 Å². The Bertz CT molecular complexity index is 593. The number of aromatic nitrogens is 1. The van der Waals surface area contributed by atoms with Crippen LogP contribution in [0.15, 0.2) is 28.8 Å². The number of aryl methyl sites for hydroxylation is 1. The van der Waals surface area contributed by atoms with Crippen LogP contribution < -0.4 is 5.32 Å². The van der Waals surface area contributed by atoms with Crippen LogP contribution >= 0.6 is 0 Å². The first-order valence-corrected chi connectivity index (χ1v) is 5.97. The fraction of sp³-hybridized carbons (Fsp3) is 0.308. The third-order valence-electron chi connectivity index (χ3n) is 2.84. The highest BCUT2D eigenvalue weighted by atomic mass is 16.6. The molecule has 6 nitrogen and oxygen atoms in total. The molecule has 0 bridgehead atoms. The molecule has 0 aliphatic carbocycles. The maximum atomic E-state index is 11.1. The van der Waals surface area contributed by atoms with Crippen LogP contribution in [-0.2, 0) is 6.42 Å². The molecule has 0 unspecified atom stereocenters. The number of hydrogen-bond acceptors (Lipinski definition) is 5. The molecule has 6 heteroatoms. The predicted molar refractivity (Wildman–Crippen MR) is 71.0 cm³/mol. The van der Waals surface area contributed by atoms with E-state index in [1.54, 1.807) is 12.3 Å². The summed E-state index contributed by atoms with van der Waals surface area (Å²) in [6.45, 7) is 2.56. The molecular formula is C13H15N3O3. The number of nitro benzene ring substituents is 1. The molecule has 0 aliphatic rings. The summed E-state index contributed by atoms with van der Waals surface area (Å²) in [5.41, 5.74) is 1.33. The summed E-state index contributed by atoms with van der Waals surface area (Å²) in [6.07, 6.45) is 2.19. The molecule has 1 N–H and O–H groups in total. The molecule has 1 aromatic carbocycles. The van der Waals surface area contributed by atoms with Crippen molar-refractivity contribution in [2.75, 3.05) is 13.6 Å². The van der Waals surface area contributed by atoms with Gasteiger partial charge in [-0.3, -0.25) is 10.1 Å². The largest absolute Gasteiger partial charge is 0.440 e. The first-order chi connectivity index (χ1) is 9.13. The van der Waals surface area contributed by atoms with Crippen molar-refractivity contribution in [1.82, 2.24) is 10.3 Å². The van der Waals surface area contributed by atoms with Crippen LogP contribution in [0.2, 0.25) is 0 Å². The summed E-state index contributed by atoms with van der Waals surface area (Å²) in [7, 11) is 1.84. The van der Waals surface area contributed by atoms with Crippen molar-refractivity contribution in [1.29, 1.82) is 0 Å². The second-order valence-corrected chi connectivity index (χ2v) is 4.20. The van der Waals surface area contributed by atoms with E-state index >= 15 is 0 Å². The molecular weight excluding hydrogens is 246 g/mol. The second kappa shape index (κ2) is 5.62. The van der Waals surface area contributed by atoms with Crippen LogP contribution in [0.1, 0.15) is 11.5 Å². The van der Waals surface area contributed by atoms with Gasteiger partial charge in [0.2, 0.25) is 0 Å². The molecule has 0 saturated heterocycles. The zero-order valence-electron chi connectivity index (χ0n) is 10.8. The Morgan fingerprint density at radius 3 is 2.95 bits per heavy atom. The number of oxazole rings is 1. The highest BCUT2D eigenvalue weighted by Gasteiger charge is 2.20. The highest BCUT2D eigenvalue weighted by Crippen LogP contribution is 2.33. The van der Waals surface area contributed by atoms with Gasteiger partial charge in [-0.1, -0.05) is 12.1 Å². The standard InChI is InChI=1S/C13H15N3O3/c1-9-4-3-5-10(16(17)18)13(9)11-8-15-12(19-11)6-7-14-2/h3-5,8,14H,6-7H2,1-2H3. The van der Waals surface area contributed by atoms with E-state index in [4.69, 9.17) is 4.42 Å². The molecule has 0 atom stereocenters. The van der Waals surface area contributed by atoms with Gasteiger partial charge in [0.15, 0.2) is 11.7 Å². The molecule has 0 spiro atoms. The molecule has 100 valence electrons. The van der Waals surface area contributed by atoms with Crippen LogP contribution in [0, 0.1) is 17.0 Å². The predicted octanol–water partition coefficient (Wildman–Crippen LogP) is 2.32. The van der Waals surface area contributed by atoms with Crippen LogP contribution in [0.3, 0.4) is 0 Å². The van der Waals surface area contributed by atoms with Gasteiger partial charge in [0.05, 0.1) is 16.7 Å². The Hall–Kier alpha value is -2.21. The zero-order chi connectivity index (χ0) is 13.8. The minimum atomic E-state index is -0.405. The van der Waals surface area contributed by atoms with Crippen molar-refractivity contribution >= 4 is 5.69 Å². The van der Waals surface area contributed by atoms with Crippen molar-refractivity contribution in [3.63, 3.8) is 0 Å². The Morgan fingerprint density at radius 1 is 1.47 bits per heavy atom. The summed E-state index contributed by atoms with van der Waals surface area (Å²) < 4.78 is 5.59. The monoisotopic (exact) mass is 261 g/mol. The number of benzene rings is 1. The number of rotatable bonds is 5. The number of nitrogens with one attached hydrogen (secondary N) is 1. The topological polar surface area (TPSA) is 81.2 Å². The Morgan fingerprint density at radius 2 is 2.26 bits per heavy atom. The molecule has 0 fully saturated rings. The quantitative estimate of drug-likeness (QED) is 0.659. The third kappa shape index (κ3) is 2.79. The van der Waals surface area contributed by atoms with Gasteiger partial charge in [-0.2, -0.15) is 0 Å². The molecule has 19 heavy (non-hydrogen) atoms. The van der Waals surface area contributed by atoms with E-state index < -0.39 is 4.92 Å². The Balaban J connectivity index is 2.41. The summed E-state index contributed by atoms with van der Waals surface area (Å²) >= 11 is 0. The fourth-order valence-electron chi connectivity index (χ4n) is 1.90. The van der Waals surface area contributed by atoms with Gasteiger partial charge in [0.25, 0.3) is 5.69 Å². The van der Waals surface area contributed by atoms with Crippen molar-refractivity contribution in [2.24, 2.45) is 0 Å². The zero-order valence-corrected chi connectivity index (χ0v) is 10.8. The normalized spacial score (nSPS) is 10.6. The van der Waals surface area contributed by atoms with E-state index in [-0.39, 0.29) is 5.69 Å². The van der Waals surface area contributed by atoms with Gasteiger partial charge in [-0.15, -0.1) is 0 Å². The maximum Gasteiger partial charge on any atom is 0.280 e. The van der Waals surface area contributed by atoms with Crippen molar-refractivity contribution in [2.45, 2.75) is 13.3 Å². The van der Waals surface area contributed by atoms with Gasteiger partial charge < -0.3 is 9.73 Å². The van der Waals surface area contributed by atoms with E-state index in [1.807, 2.05) is 20.0 Å². The van der Waals surface area contributed by atoms with Crippen LogP contribution in [0.5, 0.6) is 0 Å². The molecule has 0 amide bonds. The van der Waals surface area contributed by atoms with Crippen molar-refractivity contribution < 1.29 is 9.34 Å². The number of likely N-dealkylation sites (N-methyl/N-ethyl adjacent to an activating group) is 1. The van der Waals surface area contributed by atoms with Crippen LogP contribution in [0.4, 0.5) is 5.69 Å². The lowest BCUT2D eigenvalue weighted by Gasteiger charge is -2.03. The van der Waals surface area contributed by atoms with Gasteiger partial charge in [0.1, 0.15) is 0 Å². The Labute approximate surface area is 110 Å². The minimum absolute atomic E-state index is 0.0383. The minimum Gasteiger partial charge on any atom is -0.440 e. The number of hydrogen-bond donors (Lipinski definition) is 1. The lowest BCUT2D eigenvalue weighted by Crippen LogP contribution is -2.10. The van der Waals surface area contributed by atoms with Crippen LogP contribution in [-0.4, -0.2) is 23.5 Å². The average molecular weight is 261 g/mol. The second-order valence-electron chi connectivity index (χ2n) is 4.20. The molecule has 1 aromatic heterocycles. The smallest absolute Gasteiger partial charge is 0.280 e. The third-order valence-corrected chi connectivity index (χ3v) is 2.84. The first-order valence-electron chi connectivity index (χ1n) is 5.97. The van der Waals surface area contributed by atoms with Crippen molar-refractivity contribution in [3.05, 3.63) is 46.0 Å². The van der Waals surface area contributed by atoms with Gasteiger partial charge in [0, 0.05) is 19.0 Å². The van der Waals surface area contributed by atoms with E-state index in [2.05, 4.69) is 10.3 Å². The number of nitrogens with zero attached hydrogens (tertiary/aromatic N) is 2. The van der Waals surface area contributed by atoms with E-state index in [9.17, 15) is 10.1 Å². The summed E-state index contributed by atoms with van der Waals surface area (Å²) in [6, 6.07) is 4.95. The molecule has 2 aromatic rings. The molecule has 2 rings (SSSR count). The maximum absolute atomic E-state index is 11.1. The van der Waals surface area contributed by atoms with E-state index in [0.717, 1.165) is 12.1 Å². The molecule has 1 heterocycles. The summed E-state index contributed by atoms with van der Waals surface area (Å²) in [5.74, 6) is 1.01. The number of nitro groups is 1. The van der Waals surface area contributed by atoms with E-state index in [1.165, 1.54) is 6.07 Å². The van der Waals surface area contributed by atoms with Crippen molar-refractivity contribution in [3.8, 4) is 11.3 Å². The van der Waals surface area contributed by atoms with Gasteiger partial charge >= 0.3 is 0 Å². The lowest BCUT2D eigenvalue weighted by molar-refractivity contribution is -0.384. The lowest BCUT2D eigenvalue weighted by atomic mass is 10.1. The first kappa shape index (κ1) is 13.2. The molecule has 0 radical (unpaired) electrons. The average Bonchev–Trinajstić information content (AvgIpc) is 2.84. The van der Waals surface area contributed by atoms with E-state index in [0.29, 0.717) is 23.6 Å². The van der Waals surface area contributed by atoms with Crippen LogP contribution in [0.25, 0.3) is 11.3 Å². The molecule has 0 aliphatic heterocycles. The summed E-state index contributed by atoms with van der Waals surface area (Å²) in [5, 5.41) is 14.1. The Kier molecular flexibility index (Phi) is 3.91. The SMILES string of the molecule is CNCCc1ncc(-c2c(C)cccc2[N+](=O)[O-])o1. The fourth-order valence-corrected chi connectivity index (χ4v) is 1.90. The summed E-state index contributed by atoms with van der Waals surface area (Å²) in [4.78, 5) is 14.8. The highest BCUT2D eigenvalue weighted by molar-refractivity contribution is 5.72.